The van der Waals surface area contributed by atoms with E-state index >= 15 is 0 Å². The predicted octanol–water partition coefficient (Wildman–Crippen LogP) is 3.07. The van der Waals surface area contributed by atoms with Crippen LogP contribution in [0.15, 0.2) is 18.2 Å². The Kier molecular flexibility index (Phi) is 3.97. The van der Waals surface area contributed by atoms with E-state index in [0.717, 1.165) is 4.90 Å². The number of hydrogen-bond donors (Lipinski definition) is 1. The van der Waals surface area contributed by atoms with E-state index in [9.17, 15) is 23.1 Å². The fourth-order valence-electron chi connectivity index (χ4n) is 2.34. The number of aryl methyl sites for hydroxylation is 1. The second-order valence-electron chi connectivity index (χ2n) is 4.79. The summed E-state index contributed by atoms with van der Waals surface area (Å²) in [7, 11) is 0. The molecule has 1 saturated heterocycles. The average molecular weight is 308 g/mol. The molecule has 2 atom stereocenters. The van der Waals surface area contributed by atoms with Gasteiger partial charge in [0.15, 0.2) is 6.10 Å². The van der Waals surface area contributed by atoms with Gasteiger partial charge in [0.25, 0.3) is 0 Å². The Morgan fingerprint density at radius 2 is 2.10 bits per heavy atom. The number of carbonyl (C=O) groups is 1. The number of aliphatic hydroxyl groups excluding tert-OH is 1. The molecule has 0 aliphatic carbocycles. The monoisotopic (exact) mass is 307 g/mol. The van der Waals surface area contributed by atoms with Gasteiger partial charge in [0, 0.05) is 17.1 Å². The molecule has 1 amide bonds. The van der Waals surface area contributed by atoms with Crippen LogP contribution in [0.1, 0.15) is 18.4 Å². The molecule has 0 bridgehead atoms. The molecule has 1 aromatic rings. The zero-order valence-electron chi connectivity index (χ0n) is 10.6. The van der Waals surface area contributed by atoms with Crippen molar-refractivity contribution in [1.82, 2.24) is 0 Å². The van der Waals surface area contributed by atoms with Crippen molar-refractivity contribution >= 4 is 23.2 Å². The molecule has 20 heavy (non-hydrogen) atoms. The van der Waals surface area contributed by atoms with Crippen LogP contribution in [0.5, 0.6) is 0 Å². The van der Waals surface area contributed by atoms with Gasteiger partial charge in [-0.3, -0.25) is 4.79 Å². The first kappa shape index (κ1) is 15.1. The molecule has 1 unspecified atom stereocenters. The molecule has 0 aromatic heterocycles. The topological polar surface area (TPSA) is 40.5 Å². The van der Waals surface area contributed by atoms with Crippen LogP contribution in [0, 0.1) is 6.92 Å². The summed E-state index contributed by atoms with van der Waals surface area (Å²) in [6, 6.07) is 3.26. The minimum absolute atomic E-state index is 0.0144. The van der Waals surface area contributed by atoms with Gasteiger partial charge in [0.05, 0.1) is 6.04 Å². The molecule has 2 rings (SSSR count). The maximum absolute atomic E-state index is 12.7. The number of aliphatic hydroxyl groups is 1. The Hall–Kier alpha value is -1.27. The second-order valence-corrected chi connectivity index (χ2v) is 5.20. The highest BCUT2D eigenvalue weighted by atomic mass is 35.5. The van der Waals surface area contributed by atoms with Gasteiger partial charge in [-0.05, 0) is 37.1 Å². The van der Waals surface area contributed by atoms with Gasteiger partial charge >= 0.3 is 6.18 Å². The first-order valence-electron chi connectivity index (χ1n) is 6.05. The lowest BCUT2D eigenvalue weighted by Gasteiger charge is -2.30. The highest BCUT2D eigenvalue weighted by Crippen LogP contribution is 2.35. The molecule has 7 heteroatoms. The van der Waals surface area contributed by atoms with E-state index in [1.165, 1.54) is 12.1 Å². The Morgan fingerprint density at radius 1 is 1.45 bits per heavy atom. The van der Waals surface area contributed by atoms with E-state index in [0.29, 0.717) is 16.3 Å². The summed E-state index contributed by atoms with van der Waals surface area (Å²) >= 11 is 5.86. The van der Waals surface area contributed by atoms with E-state index in [-0.39, 0.29) is 12.8 Å². The number of hydrogen-bond acceptors (Lipinski definition) is 2. The molecule has 110 valence electrons. The molecule has 1 N–H and O–H groups in total. The van der Waals surface area contributed by atoms with Crippen LogP contribution in [-0.4, -0.2) is 29.3 Å². The molecule has 1 heterocycles. The van der Waals surface area contributed by atoms with Gasteiger partial charge < -0.3 is 10.0 Å². The summed E-state index contributed by atoms with van der Waals surface area (Å²) in [6.45, 7) is 1.70. The van der Waals surface area contributed by atoms with Crippen LogP contribution in [0.25, 0.3) is 0 Å². The van der Waals surface area contributed by atoms with Crippen molar-refractivity contribution in [3.05, 3.63) is 28.8 Å². The van der Waals surface area contributed by atoms with Crippen molar-refractivity contribution in [1.29, 1.82) is 0 Å². The maximum Gasteiger partial charge on any atom is 0.416 e. The summed E-state index contributed by atoms with van der Waals surface area (Å²) in [4.78, 5) is 12.8. The molecule has 0 spiro atoms. The van der Waals surface area contributed by atoms with Gasteiger partial charge in [0.2, 0.25) is 5.91 Å². The quantitative estimate of drug-likeness (QED) is 0.912. The van der Waals surface area contributed by atoms with Crippen LogP contribution in [0.2, 0.25) is 5.02 Å². The molecule has 1 aromatic carbocycles. The summed E-state index contributed by atoms with van der Waals surface area (Å²) in [6.07, 6.45) is -7.35. The Balaban J connectivity index is 2.36. The lowest BCUT2D eigenvalue weighted by Crippen LogP contribution is -2.48. The molecule has 3 nitrogen and oxygen atoms in total. The molecular formula is C13H13ClF3NO2. The van der Waals surface area contributed by atoms with Crippen LogP contribution >= 0.6 is 11.6 Å². The molecule has 1 aliphatic heterocycles. The third-order valence-corrected chi connectivity index (χ3v) is 3.80. The summed E-state index contributed by atoms with van der Waals surface area (Å²) in [5.74, 6) is -0.431. The number of halogens is 4. The van der Waals surface area contributed by atoms with E-state index in [2.05, 4.69) is 0 Å². The molecule has 0 radical (unpaired) electrons. The van der Waals surface area contributed by atoms with Crippen molar-refractivity contribution in [2.24, 2.45) is 0 Å². The summed E-state index contributed by atoms with van der Waals surface area (Å²) in [5.41, 5.74) is 0.979. The Labute approximate surface area is 118 Å². The maximum atomic E-state index is 12.7. The van der Waals surface area contributed by atoms with Crippen LogP contribution in [0.4, 0.5) is 18.9 Å². The largest absolute Gasteiger partial charge is 0.416 e. The highest BCUT2D eigenvalue weighted by molar-refractivity contribution is 6.31. The minimum Gasteiger partial charge on any atom is -0.382 e. The predicted molar refractivity (Wildman–Crippen MR) is 68.8 cm³/mol. The first-order chi connectivity index (χ1) is 9.21. The van der Waals surface area contributed by atoms with Gasteiger partial charge in [-0.2, -0.15) is 13.2 Å². The zero-order chi connectivity index (χ0) is 15.1. The van der Waals surface area contributed by atoms with Gasteiger partial charge in [-0.1, -0.05) is 11.6 Å². The van der Waals surface area contributed by atoms with Crippen LogP contribution in [0.3, 0.4) is 0 Å². The fraction of sp³-hybridized carbons (Fsp3) is 0.462. The van der Waals surface area contributed by atoms with E-state index in [4.69, 9.17) is 11.6 Å². The molecule has 1 fully saturated rings. The molecule has 0 saturated carbocycles. The smallest absolute Gasteiger partial charge is 0.382 e. The van der Waals surface area contributed by atoms with E-state index < -0.39 is 24.2 Å². The van der Waals surface area contributed by atoms with Crippen LogP contribution < -0.4 is 4.90 Å². The third kappa shape index (κ3) is 2.76. The highest BCUT2D eigenvalue weighted by Gasteiger charge is 2.49. The van der Waals surface area contributed by atoms with Crippen molar-refractivity contribution in [2.45, 2.75) is 38.1 Å². The van der Waals surface area contributed by atoms with Crippen molar-refractivity contribution in [3.63, 3.8) is 0 Å². The molecular weight excluding hydrogens is 295 g/mol. The Morgan fingerprint density at radius 3 is 2.65 bits per heavy atom. The van der Waals surface area contributed by atoms with E-state index in [1.807, 2.05) is 0 Å². The second kappa shape index (κ2) is 5.26. The van der Waals surface area contributed by atoms with Gasteiger partial charge in [-0.25, -0.2) is 0 Å². The lowest BCUT2D eigenvalue weighted by atomic mass is 10.1. The fourth-order valence-corrected chi connectivity index (χ4v) is 2.45. The average Bonchev–Trinajstić information content (AvgIpc) is 2.72. The summed E-state index contributed by atoms with van der Waals surface area (Å²) in [5, 5.41) is 9.88. The number of nitrogens with zero attached hydrogens (tertiary/aromatic N) is 1. The normalized spacial score (nSPS) is 21.4. The molecule has 1 aliphatic rings. The lowest BCUT2D eigenvalue weighted by molar-refractivity contribution is -0.209. The summed E-state index contributed by atoms with van der Waals surface area (Å²) < 4.78 is 38.0. The SMILES string of the molecule is Cc1cc(N2C(=O)CCC2[C@@H](O)C(F)(F)F)ccc1Cl. The first-order valence-corrected chi connectivity index (χ1v) is 6.42. The number of anilines is 1. The number of amides is 1. The minimum atomic E-state index is -4.75. The standard InChI is InChI=1S/C13H13ClF3NO2/c1-7-6-8(2-3-9(7)14)18-10(4-5-11(18)19)12(20)13(15,16)17/h2-3,6,10,12,20H,4-5H2,1H3/t10?,12-/m1/s1. The van der Waals surface area contributed by atoms with Gasteiger partial charge in [0.1, 0.15) is 0 Å². The van der Waals surface area contributed by atoms with Crippen molar-refractivity contribution in [2.75, 3.05) is 4.90 Å². The number of rotatable bonds is 2. The third-order valence-electron chi connectivity index (χ3n) is 3.37. The number of carbonyl (C=O) groups excluding carboxylic acids is 1. The van der Waals surface area contributed by atoms with Crippen molar-refractivity contribution in [3.8, 4) is 0 Å². The Bertz CT molecular complexity index is 533. The van der Waals surface area contributed by atoms with Gasteiger partial charge in [-0.15, -0.1) is 0 Å². The number of benzene rings is 1. The van der Waals surface area contributed by atoms with Crippen molar-refractivity contribution < 1.29 is 23.1 Å². The zero-order valence-corrected chi connectivity index (χ0v) is 11.4. The number of alkyl halides is 3. The van der Waals surface area contributed by atoms with Crippen LogP contribution in [-0.2, 0) is 4.79 Å². The van der Waals surface area contributed by atoms with E-state index in [1.54, 1.807) is 13.0 Å².